The van der Waals surface area contributed by atoms with Gasteiger partial charge >= 0.3 is 0 Å². The molecule has 3 rings (SSSR count). The van der Waals surface area contributed by atoms with Crippen LogP contribution in [0.3, 0.4) is 0 Å². The van der Waals surface area contributed by atoms with Gasteiger partial charge < -0.3 is 10.1 Å². The molecule has 1 N–H and O–H groups in total. The van der Waals surface area contributed by atoms with Crippen molar-refractivity contribution in [3.63, 3.8) is 0 Å². The van der Waals surface area contributed by atoms with Gasteiger partial charge in [0.15, 0.2) is 0 Å². The molecular formula is C25H29FN2O4. The van der Waals surface area contributed by atoms with Crippen LogP contribution in [0.5, 0.6) is 0 Å². The Hall–Kier alpha value is -3.06. The van der Waals surface area contributed by atoms with Crippen LogP contribution in [0.2, 0.25) is 0 Å². The highest BCUT2D eigenvalue weighted by atomic mass is 19.1. The van der Waals surface area contributed by atoms with Crippen LogP contribution in [0.1, 0.15) is 41.5 Å². The van der Waals surface area contributed by atoms with E-state index < -0.39 is 5.41 Å². The number of hydrogen-bond donors (Lipinski definition) is 1. The van der Waals surface area contributed by atoms with Crippen molar-refractivity contribution in [3.05, 3.63) is 70.5 Å². The summed E-state index contributed by atoms with van der Waals surface area (Å²) in [6.07, 6.45) is 0.316. The van der Waals surface area contributed by atoms with E-state index in [9.17, 15) is 18.8 Å². The fourth-order valence-corrected chi connectivity index (χ4v) is 4.31. The first-order chi connectivity index (χ1) is 15.3. The van der Waals surface area contributed by atoms with Crippen LogP contribution in [-0.2, 0) is 31.1 Å². The molecule has 2 aromatic rings. The second-order valence-corrected chi connectivity index (χ2v) is 8.29. The molecule has 0 saturated carbocycles. The molecule has 7 heteroatoms. The number of carbonyl (C=O) groups is 3. The Morgan fingerprint density at radius 1 is 1.16 bits per heavy atom. The molecule has 1 atom stereocenters. The molecule has 0 radical (unpaired) electrons. The molecule has 0 aliphatic carbocycles. The Balaban J connectivity index is 1.85. The highest BCUT2D eigenvalue weighted by Gasteiger charge is 2.53. The van der Waals surface area contributed by atoms with Crippen LogP contribution in [0, 0.1) is 19.7 Å². The van der Waals surface area contributed by atoms with Crippen molar-refractivity contribution >= 4 is 17.7 Å². The summed E-state index contributed by atoms with van der Waals surface area (Å²) < 4.78 is 18.6. The summed E-state index contributed by atoms with van der Waals surface area (Å²) in [6, 6.07) is 11.8. The average Bonchev–Trinajstić information content (AvgIpc) is 2.99. The largest absolute Gasteiger partial charge is 0.385 e. The summed E-state index contributed by atoms with van der Waals surface area (Å²) in [6.45, 7) is 4.54. The number of imide groups is 1. The summed E-state index contributed by atoms with van der Waals surface area (Å²) in [5.41, 5.74) is 1.80. The van der Waals surface area contributed by atoms with Gasteiger partial charge in [0, 0.05) is 39.6 Å². The number of benzene rings is 2. The number of amides is 3. The van der Waals surface area contributed by atoms with Crippen LogP contribution in [0.25, 0.3) is 0 Å². The Morgan fingerprint density at radius 2 is 1.91 bits per heavy atom. The van der Waals surface area contributed by atoms with Gasteiger partial charge in [-0.3, -0.25) is 19.3 Å². The van der Waals surface area contributed by atoms with Gasteiger partial charge in [-0.2, -0.15) is 0 Å². The average molecular weight is 441 g/mol. The van der Waals surface area contributed by atoms with Crippen LogP contribution in [-0.4, -0.2) is 42.9 Å². The number of halogens is 1. The van der Waals surface area contributed by atoms with E-state index in [0.29, 0.717) is 24.2 Å². The van der Waals surface area contributed by atoms with Crippen LogP contribution < -0.4 is 5.32 Å². The van der Waals surface area contributed by atoms with Gasteiger partial charge in [-0.1, -0.05) is 30.3 Å². The maximum absolute atomic E-state index is 13.6. The van der Waals surface area contributed by atoms with Crippen molar-refractivity contribution in [1.29, 1.82) is 0 Å². The summed E-state index contributed by atoms with van der Waals surface area (Å²) in [5.74, 6) is -1.38. The van der Waals surface area contributed by atoms with E-state index in [1.807, 2.05) is 38.1 Å². The number of aryl methyl sites for hydroxylation is 2. The molecule has 6 nitrogen and oxygen atoms in total. The number of carbonyl (C=O) groups excluding carboxylic acids is 3. The zero-order valence-corrected chi connectivity index (χ0v) is 18.7. The molecular weight excluding hydrogens is 411 g/mol. The smallest absolute Gasteiger partial charge is 0.240 e. The van der Waals surface area contributed by atoms with Gasteiger partial charge in [-0.25, -0.2) is 4.39 Å². The minimum atomic E-state index is -1.25. The normalized spacial score (nSPS) is 18.3. The Labute approximate surface area is 187 Å². The highest BCUT2D eigenvalue weighted by molar-refractivity contribution is 6.10. The number of ether oxygens (including phenoxy) is 1. The minimum Gasteiger partial charge on any atom is -0.385 e. The first-order valence-electron chi connectivity index (χ1n) is 10.7. The van der Waals surface area contributed by atoms with Crippen molar-refractivity contribution in [2.45, 2.75) is 45.1 Å². The molecule has 3 amide bonds. The predicted molar refractivity (Wildman–Crippen MR) is 118 cm³/mol. The molecule has 0 unspecified atom stereocenters. The van der Waals surface area contributed by atoms with Gasteiger partial charge in [0.05, 0.1) is 5.41 Å². The molecule has 32 heavy (non-hydrogen) atoms. The van der Waals surface area contributed by atoms with Gasteiger partial charge in [0.2, 0.25) is 17.7 Å². The van der Waals surface area contributed by atoms with Crippen molar-refractivity contribution in [2.75, 3.05) is 20.3 Å². The zero-order chi connectivity index (χ0) is 23.3. The van der Waals surface area contributed by atoms with Gasteiger partial charge in [0.1, 0.15) is 5.82 Å². The van der Waals surface area contributed by atoms with Gasteiger partial charge in [0.25, 0.3) is 0 Å². The highest BCUT2D eigenvalue weighted by Crippen LogP contribution is 2.41. The van der Waals surface area contributed by atoms with E-state index in [1.54, 1.807) is 13.2 Å². The zero-order valence-electron chi connectivity index (χ0n) is 18.7. The SMILES string of the molecule is COCCCN1C(=O)C[C@](CC(=O)NCc2cc(F)ccc2C)(c2ccccc2C)C1=O. The lowest BCUT2D eigenvalue weighted by molar-refractivity contribution is -0.141. The predicted octanol–water partition coefficient (Wildman–Crippen LogP) is 3.18. The molecule has 170 valence electrons. The third-order valence-electron chi connectivity index (χ3n) is 6.05. The van der Waals surface area contributed by atoms with E-state index in [0.717, 1.165) is 11.1 Å². The summed E-state index contributed by atoms with van der Waals surface area (Å²) in [4.78, 5) is 40.6. The first kappa shape index (κ1) is 23.6. The number of nitrogens with one attached hydrogen (secondary N) is 1. The second kappa shape index (κ2) is 10.0. The molecule has 0 bridgehead atoms. The maximum Gasteiger partial charge on any atom is 0.240 e. The monoisotopic (exact) mass is 440 g/mol. The van der Waals surface area contributed by atoms with E-state index >= 15 is 0 Å². The lowest BCUT2D eigenvalue weighted by Crippen LogP contribution is -2.43. The van der Waals surface area contributed by atoms with Crippen LogP contribution in [0.15, 0.2) is 42.5 Å². The number of methoxy groups -OCH3 is 1. The minimum absolute atomic E-state index is 0.0594. The Morgan fingerprint density at radius 3 is 2.62 bits per heavy atom. The number of rotatable bonds is 9. The molecule has 1 saturated heterocycles. The summed E-state index contributed by atoms with van der Waals surface area (Å²) in [7, 11) is 1.57. The molecule has 1 fully saturated rings. The van der Waals surface area contributed by atoms with Crippen LogP contribution in [0.4, 0.5) is 4.39 Å². The molecule has 0 spiro atoms. The molecule has 0 aromatic heterocycles. The lowest BCUT2D eigenvalue weighted by Gasteiger charge is -2.28. The van der Waals surface area contributed by atoms with Gasteiger partial charge in [-0.05, 0) is 54.7 Å². The molecule has 2 aromatic carbocycles. The second-order valence-electron chi connectivity index (χ2n) is 8.29. The first-order valence-corrected chi connectivity index (χ1v) is 10.7. The van der Waals surface area contributed by atoms with Crippen molar-refractivity contribution in [2.24, 2.45) is 0 Å². The van der Waals surface area contributed by atoms with E-state index in [4.69, 9.17) is 4.74 Å². The van der Waals surface area contributed by atoms with E-state index in [1.165, 1.54) is 17.0 Å². The van der Waals surface area contributed by atoms with Crippen molar-refractivity contribution < 1.29 is 23.5 Å². The Kier molecular flexibility index (Phi) is 7.40. The maximum atomic E-state index is 13.6. The number of nitrogens with zero attached hydrogens (tertiary/aromatic N) is 1. The third kappa shape index (κ3) is 4.88. The van der Waals surface area contributed by atoms with Gasteiger partial charge in [-0.15, -0.1) is 0 Å². The Bertz CT molecular complexity index is 1020. The standard InChI is InChI=1S/C25H29FN2O4/c1-17-9-10-20(26)13-19(17)16-27-22(29)14-25(21-8-5-4-7-18(21)2)15-23(30)28(24(25)31)11-6-12-32-3/h4-5,7-10,13H,6,11-12,14-16H2,1-3H3,(H,27,29)/t25-/m1/s1. The fraction of sp³-hybridized carbons (Fsp3) is 0.400. The van der Waals surface area contributed by atoms with E-state index in [2.05, 4.69) is 5.32 Å². The molecule has 1 heterocycles. The number of likely N-dealkylation sites (tertiary alicyclic amines) is 1. The molecule has 1 aliphatic heterocycles. The van der Waals surface area contributed by atoms with Crippen molar-refractivity contribution in [1.82, 2.24) is 10.2 Å². The third-order valence-corrected chi connectivity index (χ3v) is 6.05. The lowest BCUT2D eigenvalue weighted by atomic mass is 9.74. The van der Waals surface area contributed by atoms with Crippen molar-refractivity contribution in [3.8, 4) is 0 Å². The number of hydrogen-bond acceptors (Lipinski definition) is 4. The molecule has 1 aliphatic rings. The summed E-state index contributed by atoms with van der Waals surface area (Å²) in [5, 5.41) is 2.80. The quantitative estimate of drug-likeness (QED) is 0.480. The van der Waals surface area contributed by atoms with Crippen LogP contribution >= 0.6 is 0 Å². The fourth-order valence-electron chi connectivity index (χ4n) is 4.31. The van der Waals surface area contributed by atoms with E-state index in [-0.39, 0.29) is 49.5 Å². The topological polar surface area (TPSA) is 75.7 Å². The summed E-state index contributed by atoms with van der Waals surface area (Å²) >= 11 is 0.